The van der Waals surface area contributed by atoms with Gasteiger partial charge in [-0.3, -0.25) is 9.89 Å². The number of alkyl halides is 2. The molecule has 0 saturated carbocycles. The minimum Gasteiger partial charge on any atom is -0.347 e. The maximum atomic E-state index is 12.5. The van der Waals surface area contributed by atoms with E-state index in [4.69, 9.17) is 0 Å². The first-order valence-corrected chi connectivity index (χ1v) is 7.36. The van der Waals surface area contributed by atoms with Gasteiger partial charge in [-0.1, -0.05) is 18.2 Å². The van der Waals surface area contributed by atoms with Crippen LogP contribution in [0.1, 0.15) is 52.1 Å². The number of hydrogen-bond acceptors (Lipinski definition) is 2. The van der Waals surface area contributed by atoms with Crippen molar-refractivity contribution in [2.24, 2.45) is 0 Å². The van der Waals surface area contributed by atoms with Gasteiger partial charge >= 0.3 is 0 Å². The Morgan fingerprint density at radius 2 is 2.00 bits per heavy atom. The summed E-state index contributed by atoms with van der Waals surface area (Å²) in [7, 11) is 0. The third-order valence-corrected chi connectivity index (χ3v) is 3.93. The molecule has 0 radical (unpaired) electrons. The first-order valence-electron chi connectivity index (χ1n) is 7.36. The van der Waals surface area contributed by atoms with Crippen LogP contribution in [-0.4, -0.2) is 16.1 Å². The van der Waals surface area contributed by atoms with E-state index in [0.717, 1.165) is 24.5 Å². The van der Waals surface area contributed by atoms with Gasteiger partial charge in [0.05, 0.1) is 0 Å². The number of aromatic amines is 1. The molecule has 1 aliphatic rings. The third kappa shape index (κ3) is 3.16. The fourth-order valence-electron chi connectivity index (χ4n) is 2.73. The number of benzene rings is 1. The van der Waals surface area contributed by atoms with E-state index in [1.54, 1.807) is 0 Å². The Balaban J connectivity index is 1.63. The van der Waals surface area contributed by atoms with Gasteiger partial charge < -0.3 is 5.32 Å². The highest BCUT2D eigenvalue weighted by atomic mass is 19.3. The van der Waals surface area contributed by atoms with Crippen molar-refractivity contribution in [3.63, 3.8) is 0 Å². The number of aryl methyl sites for hydroxylation is 2. The maximum absolute atomic E-state index is 12.5. The number of H-pyrrole nitrogens is 1. The number of nitrogens with zero attached hydrogens (tertiary/aromatic N) is 1. The van der Waals surface area contributed by atoms with E-state index < -0.39 is 12.3 Å². The summed E-state index contributed by atoms with van der Waals surface area (Å²) in [5.41, 5.74) is 3.37. The number of nitrogens with one attached hydrogen (secondary N) is 2. The molecule has 3 rings (SSSR count). The standard InChI is InChI=1S/C16H17F2N3O/c17-15(18)13-8-14(21-20-13)16(22)19-9-10-5-6-11-3-1-2-4-12(11)7-10/h5-8,15H,1-4,9H2,(H,19,22)(H,20,21). The van der Waals surface area contributed by atoms with Crippen molar-refractivity contribution in [3.8, 4) is 0 Å². The Morgan fingerprint density at radius 1 is 1.23 bits per heavy atom. The average molecular weight is 305 g/mol. The molecule has 0 bridgehead atoms. The number of aromatic nitrogens is 2. The largest absolute Gasteiger partial charge is 0.347 e. The van der Waals surface area contributed by atoms with Crippen molar-refractivity contribution in [2.45, 2.75) is 38.7 Å². The smallest absolute Gasteiger partial charge is 0.279 e. The lowest BCUT2D eigenvalue weighted by molar-refractivity contribution is 0.0946. The van der Waals surface area contributed by atoms with Crippen LogP contribution in [0.5, 0.6) is 0 Å². The highest BCUT2D eigenvalue weighted by Gasteiger charge is 2.15. The lowest BCUT2D eigenvalue weighted by atomic mass is 9.90. The Labute approximate surface area is 126 Å². The molecule has 0 aliphatic heterocycles. The van der Waals surface area contributed by atoms with Crippen LogP contribution in [0, 0.1) is 0 Å². The molecule has 2 N–H and O–H groups in total. The van der Waals surface area contributed by atoms with Gasteiger partial charge in [0.25, 0.3) is 12.3 Å². The zero-order chi connectivity index (χ0) is 15.5. The molecule has 0 spiro atoms. The van der Waals surface area contributed by atoms with Gasteiger partial charge in [-0.25, -0.2) is 8.78 Å². The monoisotopic (exact) mass is 305 g/mol. The van der Waals surface area contributed by atoms with E-state index in [9.17, 15) is 13.6 Å². The second-order valence-corrected chi connectivity index (χ2v) is 5.50. The lowest BCUT2D eigenvalue weighted by Crippen LogP contribution is -2.23. The minimum atomic E-state index is -2.66. The van der Waals surface area contributed by atoms with Crippen LogP contribution in [0.3, 0.4) is 0 Å². The Bertz CT molecular complexity index is 682. The molecule has 1 amide bonds. The van der Waals surface area contributed by atoms with Crippen LogP contribution in [0.25, 0.3) is 0 Å². The topological polar surface area (TPSA) is 57.8 Å². The predicted octanol–water partition coefficient (Wildman–Crippen LogP) is 3.16. The molecule has 116 valence electrons. The molecular weight excluding hydrogens is 288 g/mol. The molecule has 2 aromatic rings. The summed E-state index contributed by atoms with van der Waals surface area (Å²) in [6.07, 6.45) is 1.97. The second-order valence-electron chi connectivity index (χ2n) is 5.50. The quantitative estimate of drug-likeness (QED) is 0.911. The van der Waals surface area contributed by atoms with Crippen molar-refractivity contribution in [3.05, 3.63) is 52.3 Å². The van der Waals surface area contributed by atoms with Crippen LogP contribution in [-0.2, 0) is 19.4 Å². The van der Waals surface area contributed by atoms with E-state index in [2.05, 4.69) is 27.6 Å². The van der Waals surface area contributed by atoms with Crippen molar-refractivity contribution in [1.29, 1.82) is 0 Å². The second kappa shape index (κ2) is 6.25. The highest BCUT2D eigenvalue weighted by molar-refractivity contribution is 5.92. The predicted molar refractivity (Wildman–Crippen MR) is 77.8 cm³/mol. The van der Waals surface area contributed by atoms with Crippen molar-refractivity contribution in [2.75, 3.05) is 0 Å². The van der Waals surface area contributed by atoms with Gasteiger partial charge in [-0.15, -0.1) is 0 Å². The van der Waals surface area contributed by atoms with Crippen LogP contribution in [0.15, 0.2) is 24.3 Å². The summed E-state index contributed by atoms with van der Waals surface area (Å²) in [5, 5.41) is 8.48. The first-order chi connectivity index (χ1) is 10.6. The summed E-state index contributed by atoms with van der Waals surface area (Å²) in [4.78, 5) is 11.9. The maximum Gasteiger partial charge on any atom is 0.279 e. The van der Waals surface area contributed by atoms with Gasteiger partial charge in [0.15, 0.2) is 0 Å². The zero-order valence-electron chi connectivity index (χ0n) is 12.0. The van der Waals surface area contributed by atoms with E-state index in [0.29, 0.717) is 6.54 Å². The van der Waals surface area contributed by atoms with Gasteiger partial charge in [0, 0.05) is 6.54 Å². The van der Waals surface area contributed by atoms with E-state index in [1.165, 1.54) is 24.0 Å². The molecule has 22 heavy (non-hydrogen) atoms. The summed E-state index contributed by atoms with van der Waals surface area (Å²) in [6.45, 7) is 0.364. The molecule has 0 atom stereocenters. The number of rotatable bonds is 4. The molecule has 1 aromatic carbocycles. The van der Waals surface area contributed by atoms with Crippen LogP contribution >= 0.6 is 0 Å². The molecule has 0 unspecified atom stereocenters. The fourth-order valence-corrected chi connectivity index (χ4v) is 2.73. The molecule has 4 nitrogen and oxygen atoms in total. The number of fused-ring (bicyclic) bond motifs is 1. The Morgan fingerprint density at radius 3 is 2.73 bits per heavy atom. The van der Waals surface area contributed by atoms with Gasteiger partial charge in [0.1, 0.15) is 11.4 Å². The fraction of sp³-hybridized carbons (Fsp3) is 0.375. The van der Waals surface area contributed by atoms with Gasteiger partial charge in [0.2, 0.25) is 0 Å². The van der Waals surface area contributed by atoms with Gasteiger partial charge in [-0.05, 0) is 48.4 Å². The molecule has 0 saturated heterocycles. The van der Waals surface area contributed by atoms with Crippen LogP contribution < -0.4 is 5.32 Å². The number of halogens is 2. The number of amides is 1. The normalized spacial score (nSPS) is 14.0. The summed E-state index contributed by atoms with van der Waals surface area (Å²) in [5.74, 6) is -0.458. The van der Waals surface area contributed by atoms with E-state index in [1.807, 2.05) is 6.07 Å². The summed E-state index contributed by atoms with van der Waals surface area (Å²) >= 11 is 0. The van der Waals surface area contributed by atoms with Crippen molar-refractivity contribution >= 4 is 5.91 Å². The van der Waals surface area contributed by atoms with Gasteiger partial charge in [-0.2, -0.15) is 5.10 Å². The lowest BCUT2D eigenvalue weighted by Gasteiger charge is -2.16. The Hall–Kier alpha value is -2.24. The first kappa shape index (κ1) is 14.7. The number of carbonyl (C=O) groups excluding carboxylic acids is 1. The van der Waals surface area contributed by atoms with E-state index >= 15 is 0 Å². The molecular formula is C16H17F2N3O. The Kier molecular flexibility index (Phi) is 4.18. The molecule has 1 aromatic heterocycles. The van der Waals surface area contributed by atoms with Crippen molar-refractivity contribution < 1.29 is 13.6 Å². The summed E-state index contributed by atoms with van der Waals surface area (Å²) in [6, 6.07) is 7.30. The molecule has 1 heterocycles. The zero-order valence-corrected chi connectivity index (χ0v) is 12.0. The van der Waals surface area contributed by atoms with E-state index in [-0.39, 0.29) is 11.4 Å². The third-order valence-electron chi connectivity index (χ3n) is 3.93. The SMILES string of the molecule is O=C(NCc1ccc2c(c1)CCCC2)c1cc(C(F)F)[nH]n1. The average Bonchev–Trinajstić information content (AvgIpc) is 3.03. The molecule has 6 heteroatoms. The number of carbonyl (C=O) groups is 1. The summed E-state index contributed by atoms with van der Waals surface area (Å²) < 4.78 is 24.9. The van der Waals surface area contributed by atoms with Crippen LogP contribution in [0.4, 0.5) is 8.78 Å². The highest BCUT2D eigenvalue weighted by Crippen LogP contribution is 2.22. The molecule has 0 fully saturated rings. The molecule has 1 aliphatic carbocycles. The number of hydrogen-bond donors (Lipinski definition) is 2. The minimum absolute atomic E-state index is 0.0201. The van der Waals surface area contributed by atoms with Crippen LogP contribution in [0.2, 0.25) is 0 Å². The van der Waals surface area contributed by atoms with Crippen molar-refractivity contribution in [1.82, 2.24) is 15.5 Å².